The fraction of sp³-hybridized carbons (Fsp3) is 0. The molecule has 0 aliphatic heterocycles. The highest BCUT2D eigenvalue weighted by Crippen LogP contribution is 2.24. The minimum absolute atomic E-state index is 0.0669. The molecule has 0 amide bonds. The van der Waals surface area contributed by atoms with Gasteiger partial charge in [-0.2, -0.15) is 5.26 Å². The largest absolute Gasteiger partial charge is 0.204 e. The van der Waals surface area contributed by atoms with Crippen molar-refractivity contribution in [1.29, 1.82) is 5.26 Å². The molecule has 0 bridgehead atoms. The van der Waals surface area contributed by atoms with Crippen LogP contribution < -0.4 is 0 Å². The molecule has 0 radical (unpaired) electrons. The van der Waals surface area contributed by atoms with E-state index >= 15 is 0 Å². The smallest absolute Gasteiger partial charge is 0.156 e. The summed E-state index contributed by atoms with van der Waals surface area (Å²) in [6.45, 7) is 0. The van der Waals surface area contributed by atoms with Gasteiger partial charge in [0.25, 0.3) is 0 Å². The van der Waals surface area contributed by atoms with Crippen LogP contribution >= 0.6 is 38.5 Å². The zero-order valence-corrected chi connectivity index (χ0v) is 8.98. The molecule has 0 N–H and O–H groups in total. The van der Waals surface area contributed by atoms with Crippen molar-refractivity contribution >= 4 is 38.5 Å². The predicted molar refractivity (Wildman–Crippen MR) is 51.5 cm³/mol. The molecule has 0 aliphatic rings. The molecule has 56 valence electrons. The van der Waals surface area contributed by atoms with E-state index in [1.807, 2.05) is 22.6 Å². The highest BCUT2D eigenvalue weighted by atomic mass is 127. The molecule has 0 heterocycles. The molecule has 0 atom stereocenters. The molecular formula is C7H2BrFIN. The summed E-state index contributed by atoms with van der Waals surface area (Å²) in [7, 11) is 0. The molecule has 11 heavy (non-hydrogen) atoms. The van der Waals surface area contributed by atoms with Crippen LogP contribution in [0.5, 0.6) is 0 Å². The number of hydrogen-bond donors (Lipinski definition) is 0. The Hall–Kier alpha value is -0.150. The Morgan fingerprint density at radius 3 is 2.73 bits per heavy atom. The van der Waals surface area contributed by atoms with Crippen LogP contribution in [0.3, 0.4) is 0 Å². The van der Waals surface area contributed by atoms with Gasteiger partial charge in [0, 0.05) is 3.57 Å². The van der Waals surface area contributed by atoms with Crippen molar-refractivity contribution in [3.8, 4) is 6.07 Å². The first-order chi connectivity index (χ1) is 5.16. The van der Waals surface area contributed by atoms with Gasteiger partial charge in [-0.05, 0) is 50.7 Å². The van der Waals surface area contributed by atoms with E-state index in [1.165, 1.54) is 6.07 Å². The lowest BCUT2D eigenvalue weighted by Crippen LogP contribution is -1.87. The monoisotopic (exact) mass is 325 g/mol. The molecule has 0 fully saturated rings. The summed E-state index contributed by atoms with van der Waals surface area (Å²) in [5.74, 6) is -0.487. The van der Waals surface area contributed by atoms with Gasteiger partial charge in [-0.1, -0.05) is 0 Å². The van der Waals surface area contributed by atoms with Crippen LogP contribution in [-0.2, 0) is 0 Å². The number of nitriles is 1. The predicted octanol–water partition coefficient (Wildman–Crippen LogP) is 3.06. The third kappa shape index (κ3) is 1.71. The first kappa shape index (κ1) is 8.94. The van der Waals surface area contributed by atoms with Gasteiger partial charge >= 0.3 is 0 Å². The summed E-state index contributed by atoms with van der Waals surface area (Å²) >= 11 is 5.02. The minimum Gasteiger partial charge on any atom is -0.204 e. The van der Waals surface area contributed by atoms with Crippen LogP contribution in [0.4, 0.5) is 4.39 Å². The van der Waals surface area contributed by atoms with Crippen molar-refractivity contribution in [2.45, 2.75) is 0 Å². The highest BCUT2D eigenvalue weighted by molar-refractivity contribution is 14.1. The van der Waals surface area contributed by atoms with E-state index in [0.717, 1.165) is 3.57 Å². The Morgan fingerprint density at radius 1 is 1.55 bits per heavy atom. The van der Waals surface area contributed by atoms with Crippen molar-refractivity contribution in [2.24, 2.45) is 0 Å². The molecule has 0 aliphatic carbocycles. The molecule has 1 aromatic rings. The van der Waals surface area contributed by atoms with E-state index in [2.05, 4.69) is 15.9 Å². The van der Waals surface area contributed by atoms with Gasteiger partial charge in [0.05, 0.1) is 10.0 Å². The second-order valence-electron chi connectivity index (χ2n) is 1.83. The quantitative estimate of drug-likeness (QED) is 0.531. The lowest BCUT2D eigenvalue weighted by atomic mass is 10.2. The summed E-state index contributed by atoms with van der Waals surface area (Å²) in [4.78, 5) is 0. The van der Waals surface area contributed by atoms with Crippen LogP contribution in [0.2, 0.25) is 0 Å². The van der Waals surface area contributed by atoms with Gasteiger partial charge in [-0.3, -0.25) is 0 Å². The van der Waals surface area contributed by atoms with Gasteiger partial charge in [0.15, 0.2) is 5.82 Å². The van der Waals surface area contributed by atoms with E-state index in [9.17, 15) is 4.39 Å². The molecular weight excluding hydrogens is 324 g/mol. The number of nitrogens with zero attached hydrogens (tertiary/aromatic N) is 1. The van der Waals surface area contributed by atoms with Crippen LogP contribution in [0.25, 0.3) is 0 Å². The lowest BCUT2D eigenvalue weighted by Gasteiger charge is -1.97. The second kappa shape index (κ2) is 3.50. The zero-order valence-electron chi connectivity index (χ0n) is 5.24. The fourth-order valence-corrected chi connectivity index (χ4v) is 1.37. The van der Waals surface area contributed by atoms with Crippen LogP contribution in [0.1, 0.15) is 5.56 Å². The van der Waals surface area contributed by atoms with Crippen molar-refractivity contribution in [1.82, 2.24) is 0 Å². The maximum atomic E-state index is 13.0. The average Bonchev–Trinajstić information content (AvgIpc) is 2.01. The minimum atomic E-state index is -0.487. The first-order valence-electron chi connectivity index (χ1n) is 2.70. The number of halogens is 3. The topological polar surface area (TPSA) is 23.8 Å². The molecule has 1 rings (SSSR count). The third-order valence-electron chi connectivity index (χ3n) is 1.16. The average molecular weight is 326 g/mol. The third-order valence-corrected chi connectivity index (χ3v) is 3.57. The Bertz CT molecular complexity index is 332. The number of hydrogen-bond acceptors (Lipinski definition) is 1. The summed E-state index contributed by atoms with van der Waals surface area (Å²) < 4.78 is 14.1. The van der Waals surface area contributed by atoms with E-state index < -0.39 is 5.82 Å². The molecule has 0 spiro atoms. The summed E-state index contributed by atoms with van der Waals surface area (Å²) in [6.07, 6.45) is 0. The molecule has 1 nitrogen and oxygen atoms in total. The van der Waals surface area contributed by atoms with E-state index in [4.69, 9.17) is 5.26 Å². The standard InChI is InChI=1S/C7H2BrFIN/c8-6-5(10)2-1-4(3-11)7(6)9/h1-2H. The fourth-order valence-electron chi connectivity index (χ4n) is 0.612. The van der Waals surface area contributed by atoms with Gasteiger partial charge in [-0.15, -0.1) is 0 Å². The first-order valence-corrected chi connectivity index (χ1v) is 4.57. The summed E-state index contributed by atoms with van der Waals surface area (Å²) in [5, 5.41) is 8.42. The number of benzene rings is 1. The van der Waals surface area contributed by atoms with Crippen molar-refractivity contribution in [3.05, 3.63) is 31.6 Å². The maximum absolute atomic E-state index is 13.0. The molecule has 0 saturated carbocycles. The SMILES string of the molecule is N#Cc1ccc(I)c(Br)c1F. The molecule has 0 unspecified atom stereocenters. The normalized spacial score (nSPS) is 9.27. The van der Waals surface area contributed by atoms with Crippen LogP contribution in [0, 0.1) is 20.7 Å². The lowest BCUT2D eigenvalue weighted by molar-refractivity contribution is 0.616. The van der Waals surface area contributed by atoms with Gasteiger partial charge in [-0.25, -0.2) is 4.39 Å². The zero-order chi connectivity index (χ0) is 8.43. The van der Waals surface area contributed by atoms with Crippen molar-refractivity contribution in [3.63, 3.8) is 0 Å². The molecule has 4 heteroatoms. The summed E-state index contributed by atoms with van der Waals surface area (Å²) in [6, 6.07) is 4.90. The number of rotatable bonds is 0. The van der Waals surface area contributed by atoms with Crippen LogP contribution in [0.15, 0.2) is 16.6 Å². The van der Waals surface area contributed by atoms with E-state index in [-0.39, 0.29) is 5.56 Å². The van der Waals surface area contributed by atoms with Gasteiger partial charge < -0.3 is 0 Å². The molecule has 1 aromatic carbocycles. The molecule has 0 aromatic heterocycles. The molecule has 0 saturated heterocycles. The van der Waals surface area contributed by atoms with Crippen molar-refractivity contribution < 1.29 is 4.39 Å². The summed E-state index contributed by atoms with van der Waals surface area (Å²) in [5.41, 5.74) is 0.0669. The van der Waals surface area contributed by atoms with E-state index in [0.29, 0.717) is 4.47 Å². The Balaban J connectivity index is 3.40. The maximum Gasteiger partial charge on any atom is 0.156 e. The Labute approximate surface area is 85.5 Å². The Morgan fingerprint density at radius 2 is 2.18 bits per heavy atom. The van der Waals surface area contributed by atoms with Crippen LogP contribution in [-0.4, -0.2) is 0 Å². The second-order valence-corrected chi connectivity index (χ2v) is 3.79. The van der Waals surface area contributed by atoms with E-state index in [1.54, 1.807) is 12.1 Å². The Kier molecular flexibility index (Phi) is 2.84. The van der Waals surface area contributed by atoms with Gasteiger partial charge in [0.1, 0.15) is 6.07 Å². The van der Waals surface area contributed by atoms with Gasteiger partial charge in [0.2, 0.25) is 0 Å². The van der Waals surface area contributed by atoms with Crippen molar-refractivity contribution in [2.75, 3.05) is 0 Å². The highest BCUT2D eigenvalue weighted by Gasteiger charge is 2.07.